The maximum Gasteiger partial charge on any atom is 0.335 e. The van der Waals surface area contributed by atoms with E-state index >= 15 is 0 Å². The van der Waals surface area contributed by atoms with Gasteiger partial charge in [0, 0.05) is 23.4 Å². The number of nitrogens with zero attached hydrogens (tertiary/aromatic N) is 3. The number of nitro benzene ring substituents is 1. The van der Waals surface area contributed by atoms with Crippen molar-refractivity contribution in [2.24, 2.45) is 0 Å². The maximum atomic E-state index is 13.7. The van der Waals surface area contributed by atoms with Gasteiger partial charge in [0.25, 0.3) is 17.5 Å². The van der Waals surface area contributed by atoms with E-state index in [-0.39, 0.29) is 11.3 Å². The summed E-state index contributed by atoms with van der Waals surface area (Å²) in [5.74, 6) is -1.55. The zero-order valence-corrected chi connectivity index (χ0v) is 22.9. The van der Waals surface area contributed by atoms with Gasteiger partial charge in [0.15, 0.2) is 0 Å². The highest BCUT2D eigenvalue weighted by Gasteiger charge is 2.37. The van der Waals surface area contributed by atoms with Gasteiger partial charge in [-0.3, -0.25) is 25.0 Å². The summed E-state index contributed by atoms with van der Waals surface area (Å²) in [5.41, 5.74) is 5.23. The number of aryl methyl sites for hydroxylation is 1. The molecule has 1 aliphatic rings. The number of barbiturate groups is 1. The Kier molecular flexibility index (Phi) is 6.97. The Bertz CT molecular complexity index is 1910. The minimum Gasteiger partial charge on any atom is -0.309 e. The number of nitrogens with one attached hydrogen (secondary N) is 1. The van der Waals surface area contributed by atoms with Crippen molar-refractivity contribution >= 4 is 35.3 Å². The number of aromatic nitrogens is 1. The third-order valence-corrected chi connectivity index (χ3v) is 7.16. The number of carbonyl (C=O) groups is 3. The first-order valence-corrected chi connectivity index (χ1v) is 13.4. The number of non-ortho nitro benzene ring substituents is 1. The normalized spacial score (nSPS) is 14.2. The highest BCUT2D eigenvalue weighted by Crippen LogP contribution is 2.38. The van der Waals surface area contributed by atoms with Crippen molar-refractivity contribution in [2.45, 2.75) is 6.92 Å². The first kappa shape index (κ1) is 27.1. The molecule has 1 aromatic heterocycles. The van der Waals surface area contributed by atoms with Gasteiger partial charge in [-0.25, -0.2) is 9.69 Å². The van der Waals surface area contributed by atoms with Crippen molar-refractivity contribution < 1.29 is 19.3 Å². The van der Waals surface area contributed by atoms with E-state index in [2.05, 4.69) is 5.32 Å². The summed E-state index contributed by atoms with van der Waals surface area (Å²) in [4.78, 5) is 51.5. The summed E-state index contributed by atoms with van der Waals surface area (Å²) in [5, 5.41) is 13.7. The summed E-state index contributed by atoms with van der Waals surface area (Å²) in [7, 11) is 0. The van der Waals surface area contributed by atoms with E-state index < -0.39 is 22.8 Å². The Hall–Kier alpha value is -6.09. The molecular weight excluding hydrogens is 544 g/mol. The molecule has 0 bridgehead atoms. The first-order valence-electron chi connectivity index (χ1n) is 13.4. The molecule has 1 fully saturated rings. The zero-order chi connectivity index (χ0) is 30.1. The number of amides is 4. The second kappa shape index (κ2) is 11.1. The SMILES string of the molecule is Cc1ccc(N2C(=O)NC(=O)/C(=C/c3cc(-c4ccccc4)n(-c4ccc([N+](=O)[O-])cc4)c3-c3ccccc3)C2=O)cc1. The van der Waals surface area contributed by atoms with Gasteiger partial charge in [0.1, 0.15) is 5.57 Å². The van der Waals surface area contributed by atoms with Crippen LogP contribution in [-0.2, 0) is 9.59 Å². The van der Waals surface area contributed by atoms with E-state index in [0.717, 1.165) is 27.3 Å². The minimum atomic E-state index is -0.826. The van der Waals surface area contributed by atoms with Crippen LogP contribution in [0.2, 0.25) is 0 Å². The molecule has 0 spiro atoms. The van der Waals surface area contributed by atoms with Crippen LogP contribution in [0.15, 0.2) is 121 Å². The van der Waals surface area contributed by atoms with Crippen molar-refractivity contribution in [2.75, 3.05) is 4.90 Å². The van der Waals surface area contributed by atoms with Crippen LogP contribution in [0.25, 0.3) is 34.3 Å². The van der Waals surface area contributed by atoms with Gasteiger partial charge in [0.05, 0.1) is 22.0 Å². The standard InChI is InChI=1S/C34H24N4O5/c1-22-12-14-27(15-13-22)37-33(40)29(32(39)35-34(37)41)20-25-21-30(23-8-4-2-5-9-23)36(31(25)24-10-6-3-7-11-24)26-16-18-28(19-17-26)38(42)43/h2-21H,1H3,(H,35,39,41)/b29-20-. The molecule has 9 nitrogen and oxygen atoms in total. The number of rotatable bonds is 6. The Morgan fingerprint density at radius 3 is 1.93 bits per heavy atom. The van der Waals surface area contributed by atoms with E-state index in [0.29, 0.717) is 22.6 Å². The summed E-state index contributed by atoms with van der Waals surface area (Å²) < 4.78 is 1.94. The number of hydrogen-bond donors (Lipinski definition) is 1. The van der Waals surface area contributed by atoms with Crippen molar-refractivity contribution in [3.05, 3.63) is 142 Å². The zero-order valence-electron chi connectivity index (χ0n) is 22.9. The predicted octanol–water partition coefficient (Wildman–Crippen LogP) is 6.69. The summed E-state index contributed by atoms with van der Waals surface area (Å²) >= 11 is 0. The number of nitro groups is 1. The summed E-state index contributed by atoms with van der Waals surface area (Å²) in [6.45, 7) is 1.89. The fraction of sp³-hybridized carbons (Fsp3) is 0.0294. The lowest BCUT2D eigenvalue weighted by molar-refractivity contribution is -0.384. The van der Waals surface area contributed by atoms with Gasteiger partial charge in [-0.05, 0) is 54.5 Å². The largest absolute Gasteiger partial charge is 0.335 e. The Morgan fingerprint density at radius 1 is 0.744 bits per heavy atom. The van der Waals surface area contributed by atoms with Crippen molar-refractivity contribution in [3.8, 4) is 28.2 Å². The molecule has 43 heavy (non-hydrogen) atoms. The van der Waals surface area contributed by atoms with Crippen LogP contribution in [0.3, 0.4) is 0 Å². The van der Waals surface area contributed by atoms with Crippen LogP contribution in [0.5, 0.6) is 0 Å². The molecule has 6 rings (SSSR count). The predicted molar refractivity (Wildman–Crippen MR) is 163 cm³/mol. The third-order valence-electron chi connectivity index (χ3n) is 7.16. The fourth-order valence-corrected chi connectivity index (χ4v) is 5.09. The lowest BCUT2D eigenvalue weighted by Crippen LogP contribution is -2.54. The number of anilines is 1. The van der Waals surface area contributed by atoms with E-state index in [4.69, 9.17) is 0 Å². The number of urea groups is 1. The van der Waals surface area contributed by atoms with Crippen molar-refractivity contribution in [3.63, 3.8) is 0 Å². The molecule has 1 aliphatic heterocycles. The molecule has 1 saturated heterocycles. The Morgan fingerprint density at radius 2 is 1.33 bits per heavy atom. The van der Waals surface area contributed by atoms with E-state index in [1.807, 2.05) is 78.2 Å². The average molecular weight is 569 g/mol. The molecule has 210 valence electrons. The average Bonchev–Trinajstić information content (AvgIpc) is 3.40. The van der Waals surface area contributed by atoms with E-state index in [1.54, 1.807) is 36.4 Å². The molecule has 9 heteroatoms. The molecule has 0 aliphatic carbocycles. The number of hydrogen-bond acceptors (Lipinski definition) is 5. The van der Waals surface area contributed by atoms with Crippen LogP contribution in [0.4, 0.5) is 16.2 Å². The third kappa shape index (κ3) is 5.11. The summed E-state index contributed by atoms with van der Waals surface area (Å²) in [6, 6.07) is 33.0. The number of benzene rings is 4. The van der Waals surface area contributed by atoms with Gasteiger partial charge in [-0.1, -0.05) is 78.4 Å². The Balaban J connectivity index is 1.59. The fourth-order valence-electron chi connectivity index (χ4n) is 5.09. The molecule has 1 N–H and O–H groups in total. The second-order valence-corrected chi connectivity index (χ2v) is 9.97. The molecule has 4 amide bonds. The van der Waals surface area contributed by atoms with Crippen LogP contribution < -0.4 is 10.2 Å². The molecule has 5 aromatic rings. The maximum absolute atomic E-state index is 13.7. The van der Waals surface area contributed by atoms with Crippen LogP contribution in [0, 0.1) is 17.0 Å². The number of carbonyl (C=O) groups excluding carboxylic acids is 3. The number of imide groups is 2. The molecule has 4 aromatic carbocycles. The molecular formula is C34H24N4O5. The smallest absolute Gasteiger partial charge is 0.309 e. The van der Waals surface area contributed by atoms with Gasteiger partial charge < -0.3 is 4.57 Å². The quantitative estimate of drug-likeness (QED) is 0.106. The van der Waals surface area contributed by atoms with Gasteiger partial charge in [-0.2, -0.15) is 0 Å². The van der Waals surface area contributed by atoms with Crippen molar-refractivity contribution in [1.29, 1.82) is 0 Å². The molecule has 2 heterocycles. The minimum absolute atomic E-state index is 0.0499. The topological polar surface area (TPSA) is 115 Å². The van der Waals surface area contributed by atoms with Gasteiger partial charge in [-0.15, -0.1) is 0 Å². The lowest BCUT2D eigenvalue weighted by atomic mass is 10.0. The highest BCUT2D eigenvalue weighted by atomic mass is 16.6. The molecule has 0 saturated carbocycles. The van der Waals surface area contributed by atoms with Gasteiger partial charge >= 0.3 is 6.03 Å². The van der Waals surface area contributed by atoms with E-state index in [9.17, 15) is 24.5 Å². The summed E-state index contributed by atoms with van der Waals surface area (Å²) in [6.07, 6.45) is 1.49. The monoisotopic (exact) mass is 568 g/mol. The molecule has 0 radical (unpaired) electrons. The Labute approximate surface area is 246 Å². The molecule has 0 atom stereocenters. The molecule has 0 unspecified atom stereocenters. The highest BCUT2D eigenvalue weighted by molar-refractivity contribution is 6.39. The second-order valence-electron chi connectivity index (χ2n) is 9.97. The van der Waals surface area contributed by atoms with E-state index in [1.165, 1.54) is 18.2 Å². The van der Waals surface area contributed by atoms with Crippen LogP contribution >= 0.6 is 0 Å². The lowest BCUT2D eigenvalue weighted by Gasteiger charge is -2.26. The van der Waals surface area contributed by atoms with Gasteiger partial charge in [0.2, 0.25) is 0 Å². The van der Waals surface area contributed by atoms with Crippen molar-refractivity contribution in [1.82, 2.24) is 9.88 Å². The first-order chi connectivity index (χ1) is 20.8. The van der Waals surface area contributed by atoms with Crippen LogP contribution in [-0.4, -0.2) is 27.3 Å². The van der Waals surface area contributed by atoms with Crippen LogP contribution in [0.1, 0.15) is 11.1 Å².